The van der Waals surface area contributed by atoms with Crippen molar-refractivity contribution in [2.75, 3.05) is 17.6 Å². The van der Waals surface area contributed by atoms with Crippen LogP contribution in [0, 0.1) is 5.92 Å². The van der Waals surface area contributed by atoms with Gasteiger partial charge in [0.15, 0.2) is 5.13 Å². The van der Waals surface area contributed by atoms with E-state index in [1.54, 1.807) is 4.90 Å². The largest absolute Gasteiger partial charge is 0.375 e. The Hall–Kier alpha value is -3.19. The number of nitrogens with two attached hydrogens (primary N) is 1. The first kappa shape index (κ1) is 23.0. The number of nitrogens with zero attached hydrogens (tertiary/aromatic N) is 2. The number of aromatic nitrogens is 1. The molecule has 33 heavy (non-hydrogen) atoms. The van der Waals surface area contributed by atoms with E-state index in [-0.39, 0.29) is 24.3 Å². The zero-order valence-electron chi connectivity index (χ0n) is 18.7. The van der Waals surface area contributed by atoms with Crippen molar-refractivity contribution in [1.29, 1.82) is 0 Å². The smallest absolute Gasteiger partial charge is 0.244 e. The summed E-state index contributed by atoms with van der Waals surface area (Å²) in [4.78, 5) is 32.3. The molecule has 1 aliphatic rings. The summed E-state index contributed by atoms with van der Waals surface area (Å²) < 4.78 is 0. The van der Waals surface area contributed by atoms with Crippen molar-refractivity contribution in [2.45, 2.75) is 45.1 Å². The Bertz CT molecular complexity index is 1060. The molecule has 0 unspecified atom stereocenters. The second kappa shape index (κ2) is 11.1. The Morgan fingerprint density at radius 3 is 2.33 bits per heavy atom. The number of carbonyl (C=O) groups is 2. The molecule has 0 aliphatic heterocycles. The van der Waals surface area contributed by atoms with Gasteiger partial charge in [0, 0.05) is 29.1 Å². The summed E-state index contributed by atoms with van der Waals surface area (Å²) in [6.07, 6.45) is 6.36. The van der Waals surface area contributed by atoms with Gasteiger partial charge in [-0.05, 0) is 30.5 Å². The number of hydrogen-bond acceptors (Lipinski definition) is 5. The summed E-state index contributed by atoms with van der Waals surface area (Å²) in [6, 6.07) is 17.4. The standard InChI is InChI=1S/C26H30N4O2S/c27-26-29-23(18-33-26)20-12-14-22(15-13-20)28-24(31)17-30(16-19-8-4-3-5-9-19)25(32)21-10-6-1-2-7-11-21/h3-5,8-9,12-15,18,21H,1-2,6-7,10-11,16-17H2,(H2,27,29)(H,28,31). The number of nitrogen functional groups attached to an aromatic ring is 1. The van der Waals surface area contributed by atoms with Crippen LogP contribution in [0.4, 0.5) is 10.8 Å². The molecule has 1 aromatic heterocycles. The minimum absolute atomic E-state index is 0.00819. The van der Waals surface area contributed by atoms with E-state index in [0.29, 0.717) is 17.4 Å². The van der Waals surface area contributed by atoms with E-state index in [1.807, 2.05) is 60.0 Å². The molecule has 0 spiro atoms. The molecule has 6 nitrogen and oxygen atoms in total. The highest BCUT2D eigenvalue weighted by atomic mass is 32.1. The monoisotopic (exact) mass is 462 g/mol. The number of anilines is 2. The normalized spacial score (nSPS) is 14.4. The summed E-state index contributed by atoms with van der Waals surface area (Å²) in [5.41, 5.74) is 9.19. The van der Waals surface area contributed by atoms with Crippen molar-refractivity contribution in [2.24, 2.45) is 5.92 Å². The summed E-state index contributed by atoms with van der Waals surface area (Å²) in [6.45, 7) is 0.475. The molecule has 7 heteroatoms. The van der Waals surface area contributed by atoms with Gasteiger partial charge in [0.1, 0.15) is 6.54 Å². The molecule has 1 fully saturated rings. The minimum atomic E-state index is -0.196. The average molecular weight is 463 g/mol. The predicted octanol–water partition coefficient (Wildman–Crippen LogP) is 5.33. The molecule has 2 aromatic carbocycles. The van der Waals surface area contributed by atoms with Crippen LogP contribution in [0.2, 0.25) is 0 Å². The predicted molar refractivity (Wildman–Crippen MR) is 134 cm³/mol. The number of benzene rings is 2. The number of carbonyl (C=O) groups excluding carboxylic acids is 2. The highest BCUT2D eigenvalue weighted by Gasteiger charge is 2.26. The van der Waals surface area contributed by atoms with Crippen molar-refractivity contribution in [3.05, 3.63) is 65.5 Å². The van der Waals surface area contributed by atoms with Gasteiger partial charge in [-0.25, -0.2) is 4.98 Å². The summed E-state index contributed by atoms with van der Waals surface area (Å²) in [5, 5.41) is 5.37. The average Bonchev–Trinajstić information content (AvgIpc) is 3.08. The van der Waals surface area contributed by atoms with Gasteiger partial charge in [-0.1, -0.05) is 68.1 Å². The van der Waals surface area contributed by atoms with Gasteiger partial charge >= 0.3 is 0 Å². The molecule has 172 valence electrons. The minimum Gasteiger partial charge on any atom is -0.375 e. The summed E-state index contributed by atoms with van der Waals surface area (Å²) >= 11 is 1.40. The maximum atomic E-state index is 13.4. The Labute approximate surface area is 198 Å². The third-order valence-corrected chi connectivity index (χ3v) is 6.73. The maximum Gasteiger partial charge on any atom is 0.244 e. The Balaban J connectivity index is 1.43. The van der Waals surface area contributed by atoms with Crippen LogP contribution in [-0.4, -0.2) is 28.2 Å². The molecule has 0 bridgehead atoms. The van der Waals surface area contributed by atoms with Crippen molar-refractivity contribution in [3.8, 4) is 11.3 Å². The van der Waals surface area contributed by atoms with Crippen LogP contribution < -0.4 is 11.1 Å². The van der Waals surface area contributed by atoms with Crippen LogP contribution in [-0.2, 0) is 16.1 Å². The molecule has 0 atom stereocenters. The third-order valence-electron chi connectivity index (χ3n) is 6.05. The molecule has 0 saturated heterocycles. The van der Waals surface area contributed by atoms with Gasteiger partial charge in [0.25, 0.3) is 0 Å². The van der Waals surface area contributed by atoms with Crippen molar-refractivity contribution in [3.63, 3.8) is 0 Å². The van der Waals surface area contributed by atoms with Gasteiger partial charge in [0.2, 0.25) is 11.8 Å². The Morgan fingerprint density at radius 2 is 1.70 bits per heavy atom. The van der Waals surface area contributed by atoms with Crippen LogP contribution in [0.3, 0.4) is 0 Å². The molecule has 3 N–H and O–H groups in total. The Morgan fingerprint density at radius 1 is 1.00 bits per heavy atom. The lowest BCUT2D eigenvalue weighted by Gasteiger charge is -2.26. The van der Waals surface area contributed by atoms with E-state index in [0.717, 1.165) is 42.5 Å². The first-order valence-corrected chi connectivity index (χ1v) is 12.4. The van der Waals surface area contributed by atoms with Crippen LogP contribution in [0.1, 0.15) is 44.1 Å². The fraction of sp³-hybridized carbons (Fsp3) is 0.346. The number of amides is 2. The number of rotatable bonds is 7. The molecule has 1 saturated carbocycles. The number of thiazole rings is 1. The van der Waals surface area contributed by atoms with Crippen molar-refractivity contribution < 1.29 is 9.59 Å². The second-order valence-electron chi connectivity index (χ2n) is 8.56. The maximum absolute atomic E-state index is 13.4. The summed E-state index contributed by atoms with van der Waals surface area (Å²) in [5.74, 6) is -0.0974. The van der Waals surface area contributed by atoms with Crippen LogP contribution in [0.15, 0.2) is 60.0 Å². The van der Waals surface area contributed by atoms with E-state index in [9.17, 15) is 9.59 Å². The summed E-state index contributed by atoms with van der Waals surface area (Å²) in [7, 11) is 0. The van der Waals surface area contributed by atoms with Gasteiger partial charge in [0.05, 0.1) is 5.69 Å². The first-order chi connectivity index (χ1) is 16.1. The van der Waals surface area contributed by atoms with Gasteiger partial charge < -0.3 is 16.0 Å². The topological polar surface area (TPSA) is 88.3 Å². The number of hydrogen-bond donors (Lipinski definition) is 2. The molecule has 4 rings (SSSR count). The first-order valence-electron chi connectivity index (χ1n) is 11.5. The van der Waals surface area contributed by atoms with Crippen LogP contribution in [0.5, 0.6) is 0 Å². The molecule has 3 aromatic rings. The zero-order chi connectivity index (χ0) is 23.0. The highest BCUT2D eigenvalue weighted by Crippen LogP contribution is 2.26. The van der Waals surface area contributed by atoms with E-state index >= 15 is 0 Å². The lowest BCUT2D eigenvalue weighted by Crippen LogP contribution is -2.40. The lowest BCUT2D eigenvalue weighted by molar-refractivity contribution is -0.139. The van der Waals surface area contributed by atoms with Gasteiger partial charge in [-0.3, -0.25) is 9.59 Å². The van der Waals surface area contributed by atoms with Gasteiger partial charge in [-0.2, -0.15) is 0 Å². The second-order valence-corrected chi connectivity index (χ2v) is 9.45. The lowest BCUT2D eigenvalue weighted by atomic mass is 9.98. The van der Waals surface area contributed by atoms with E-state index in [4.69, 9.17) is 5.73 Å². The van der Waals surface area contributed by atoms with Crippen LogP contribution in [0.25, 0.3) is 11.3 Å². The fourth-order valence-corrected chi connectivity index (χ4v) is 4.89. The third kappa shape index (κ3) is 6.42. The number of nitrogens with one attached hydrogen (secondary N) is 1. The van der Waals surface area contributed by atoms with E-state index in [1.165, 1.54) is 24.2 Å². The van der Waals surface area contributed by atoms with E-state index in [2.05, 4.69) is 10.3 Å². The molecular formula is C26H30N4O2S. The van der Waals surface area contributed by atoms with Crippen LogP contribution >= 0.6 is 11.3 Å². The Kier molecular flexibility index (Phi) is 7.73. The van der Waals surface area contributed by atoms with E-state index < -0.39 is 0 Å². The highest BCUT2D eigenvalue weighted by molar-refractivity contribution is 7.13. The quantitative estimate of drug-likeness (QED) is 0.465. The van der Waals surface area contributed by atoms with Crippen molar-refractivity contribution >= 4 is 34.0 Å². The molecular weight excluding hydrogens is 432 g/mol. The van der Waals surface area contributed by atoms with Gasteiger partial charge in [-0.15, -0.1) is 11.3 Å². The molecule has 2 amide bonds. The molecule has 1 heterocycles. The molecule has 1 aliphatic carbocycles. The van der Waals surface area contributed by atoms with Crippen molar-refractivity contribution in [1.82, 2.24) is 9.88 Å². The fourth-order valence-electron chi connectivity index (χ4n) is 4.32. The zero-order valence-corrected chi connectivity index (χ0v) is 19.5. The SMILES string of the molecule is Nc1nc(-c2ccc(NC(=O)CN(Cc3ccccc3)C(=O)C3CCCCCC3)cc2)cs1. The molecule has 0 radical (unpaired) electrons.